The number of hydrogen-bond acceptors (Lipinski definition) is 5. The summed E-state index contributed by atoms with van der Waals surface area (Å²) in [6.45, 7) is 1.38. The molecule has 23 heavy (non-hydrogen) atoms. The van der Waals surface area contributed by atoms with Gasteiger partial charge < -0.3 is 4.79 Å². The fourth-order valence-corrected chi connectivity index (χ4v) is 4.11. The highest BCUT2D eigenvalue weighted by molar-refractivity contribution is 7.92. The van der Waals surface area contributed by atoms with E-state index in [1.165, 1.54) is 19.2 Å². The number of pyridine rings is 1. The Kier molecular flexibility index (Phi) is 4.92. The number of nitrogens with zero attached hydrogens (tertiary/aromatic N) is 2. The maximum Gasteiger partial charge on any atom is 0.218 e. The van der Waals surface area contributed by atoms with Crippen LogP contribution in [0.5, 0.6) is 0 Å². The Balaban J connectivity index is 2.67. The number of benzene rings is 1. The predicted octanol–water partition coefficient (Wildman–Crippen LogP) is 2.64. The molecule has 0 spiro atoms. The van der Waals surface area contributed by atoms with Crippen molar-refractivity contribution in [2.75, 3.05) is 0 Å². The lowest BCUT2D eigenvalue weighted by Crippen LogP contribution is -2.35. The summed E-state index contributed by atoms with van der Waals surface area (Å²) >= 11 is 0. The van der Waals surface area contributed by atoms with Crippen LogP contribution in [0.1, 0.15) is 25.3 Å². The Bertz CT molecular complexity index is 827. The van der Waals surface area contributed by atoms with Crippen molar-refractivity contribution >= 4 is 15.6 Å². The molecule has 1 heterocycles. The van der Waals surface area contributed by atoms with E-state index in [4.69, 9.17) is 0 Å². The van der Waals surface area contributed by atoms with Crippen LogP contribution in [0.4, 0.5) is 0 Å². The van der Waals surface area contributed by atoms with Crippen molar-refractivity contribution in [3.8, 4) is 6.07 Å². The second-order valence-corrected chi connectivity index (χ2v) is 7.30. The lowest BCUT2D eigenvalue weighted by Gasteiger charge is -2.26. The summed E-state index contributed by atoms with van der Waals surface area (Å²) < 4.78 is 24.4. The van der Waals surface area contributed by atoms with Gasteiger partial charge in [-0.2, -0.15) is 5.26 Å². The summed E-state index contributed by atoms with van der Waals surface area (Å²) in [4.78, 5) is 15.3. The molecule has 1 aromatic carbocycles. The average molecular weight is 328 g/mol. The van der Waals surface area contributed by atoms with E-state index in [1.807, 2.05) is 6.07 Å². The number of carbonyl (C=O) groups is 1. The first-order valence-electron chi connectivity index (χ1n) is 7.06. The van der Waals surface area contributed by atoms with E-state index in [0.717, 1.165) is 0 Å². The molecule has 6 heteroatoms. The van der Waals surface area contributed by atoms with Gasteiger partial charge in [-0.1, -0.05) is 36.4 Å². The number of carbonyl (C=O) groups excluding carboxylic acids is 1. The lowest BCUT2D eigenvalue weighted by molar-refractivity contribution is -0.117. The van der Waals surface area contributed by atoms with E-state index in [2.05, 4.69) is 4.98 Å². The first kappa shape index (κ1) is 16.8. The Morgan fingerprint density at radius 2 is 1.83 bits per heavy atom. The molecule has 0 aliphatic carbocycles. The topological polar surface area (TPSA) is 87.9 Å². The quantitative estimate of drug-likeness (QED) is 0.813. The van der Waals surface area contributed by atoms with Crippen molar-refractivity contribution in [2.45, 2.75) is 29.5 Å². The van der Waals surface area contributed by atoms with Crippen molar-refractivity contribution in [1.29, 1.82) is 5.26 Å². The molecule has 1 aromatic heterocycles. The molecule has 0 aliphatic heterocycles. The van der Waals surface area contributed by atoms with E-state index in [-0.39, 0.29) is 23.7 Å². The third-order valence-electron chi connectivity index (χ3n) is 3.62. The minimum Gasteiger partial charge on any atom is -0.300 e. The first-order valence-corrected chi connectivity index (χ1v) is 8.54. The second-order valence-electron chi connectivity index (χ2n) is 5.18. The molecule has 1 atom stereocenters. The summed E-state index contributed by atoms with van der Waals surface area (Å²) in [5.41, 5.74) is 0.342. The van der Waals surface area contributed by atoms with E-state index in [1.54, 1.807) is 42.5 Å². The van der Waals surface area contributed by atoms with Gasteiger partial charge in [-0.3, -0.25) is 0 Å². The zero-order valence-electron chi connectivity index (χ0n) is 12.6. The van der Waals surface area contributed by atoms with Gasteiger partial charge in [-0.25, -0.2) is 13.4 Å². The molecular formula is C17H16N2O3S. The average Bonchev–Trinajstić information content (AvgIpc) is 2.57. The lowest BCUT2D eigenvalue weighted by atomic mass is 9.94. The van der Waals surface area contributed by atoms with Gasteiger partial charge in [-0.05, 0) is 31.0 Å². The smallest absolute Gasteiger partial charge is 0.218 e. The number of ketones is 1. The molecule has 0 saturated carbocycles. The van der Waals surface area contributed by atoms with Crippen LogP contribution in [0.15, 0.2) is 59.8 Å². The molecule has 0 fully saturated rings. The third-order valence-corrected chi connectivity index (χ3v) is 5.86. The van der Waals surface area contributed by atoms with Gasteiger partial charge in [0.15, 0.2) is 9.77 Å². The zero-order valence-corrected chi connectivity index (χ0v) is 13.5. The molecule has 2 aromatic rings. The van der Waals surface area contributed by atoms with Crippen molar-refractivity contribution < 1.29 is 13.2 Å². The van der Waals surface area contributed by atoms with Gasteiger partial charge in [0.25, 0.3) is 0 Å². The van der Waals surface area contributed by atoms with E-state index in [0.29, 0.717) is 5.56 Å². The fourth-order valence-electron chi connectivity index (χ4n) is 2.36. The first-order chi connectivity index (χ1) is 10.9. The van der Waals surface area contributed by atoms with E-state index in [9.17, 15) is 18.5 Å². The summed E-state index contributed by atoms with van der Waals surface area (Å²) in [5.74, 6) is -0.170. The van der Waals surface area contributed by atoms with Gasteiger partial charge in [0.2, 0.25) is 9.84 Å². The maximum atomic E-state index is 13.1. The number of Topliss-reactive ketones (excluding diaryl/α,β-unsaturated/α-hetero) is 1. The SMILES string of the molecule is CC(=O)CC[C@](C#N)(c1ccccc1)S(=O)(=O)c1ccccn1. The van der Waals surface area contributed by atoms with Crippen LogP contribution in [-0.2, 0) is 19.4 Å². The number of hydrogen-bond donors (Lipinski definition) is 0. The van der Waals surface area contributed by atoms with Gasteiger partial charge in [0, 0.05) is 12.6 Å². The normalized spacial score (nSPS) is 13.7. The van der Waals surface area contributed by atoms with Crippen molar-refractivity contribution in [2.24, 2.45) is 0 Å². The Morgan fingerprint density at radius 1 is 1.17 bits per heavy atom. The van der Waals surface area contributed by atoms with Gasteiger partial charge in [0.1, 0.15) is 5.78 Å². The van der Waals surface area contributed by atoms with E-state index >= 15 is 0 Å². The number of sulfone groups is 1. The van der Waals surface area contributed by atoms with Crippen LogP contribution in [0.25, 0.3) is 0 Å². The molecule has 2 rings (SSSR count). The van der Waals surface area contributed by atoms with Crippen LogP contribution in [0.3, 0.4) is 0 Å². The minimum atomic E-state index is -4.09. The zero-order chi connectivity index (χ0) is 16.9. The molecule has 0 unspecified atom stereocenters. The second kappa shape index (κ2) is 6.71. The van der Waals surface area contributed by atoms with Crippen LogP contribution < -0.4 is 0 Å². The third kappa shape index (κ3) is 3.15. The molecule has 0 aliphatic rings. The Hall–Kier alpha value is -2.52. The maximum absolute atomic E-state index is 13.1. The van der Waals surface area contributed by atoms with Crippen LogP contribution >= 0.6 is 0 Å². The van der Waals surface area contributed by atoms with Crippen molar-refractivity contribution in [3.63, 3.8) is 0 Å². The predicted molar refractivity (Wildman–Crippen MR) is 85.1 cm³/mol. The van der Waals surface area contributed by atoms with Crippen LogP contribution in [0, 0.1) is 11.3 Å². The molecule has 0 radical (unpaired) electrons. The van der Waals surface area contributed by atoms with Gasteiger partial charge >= 0.3 is 0 Å². The number of aromatic nitrogens is 1. The largest absolute Gasteiger partial charge is 0.300 e. The van der Waals surface area contributed by atoms with Crippen molar-refractivity contribution in [3.05, 3.63) is 60.3 Å². The summed E-state index contributed by atoms with van der Waals surface area (Å²) in [6, 6.07) is 14.7. The van der Waals surface area contributed by atoms with Gasteiger partial charge in [-0.15, -0.1) is 0 Å². The summed E-state index contributed by atoms with van der Waals surface area (Å²) in [7, 11) is -4.09. The van der Waals surface area contributed by atoms with Crippen LogP contribution in [-0.4, -0.2) is 19.2 Å². The standard InChI is InChI=1S/C17H16N2O3S/c1-14(20)10-11-17(13-18,15-7-3-2-4-8-15)23(21,22)16-9-5-6-12-19-16/h2-9,12H,10-11H2,1H3/t17-/m0/s1. The van der Waals surface area contributed by atoms with E-state index < -0.39 is 14.6 Å². The highest BCUT2D eigenvalue weighted by Gasteiger charge is 2.47. The Labute approximate surface area is 135 Å². The molecular weight excluding hydrogens is 312 g/mol. The van der Waals surface area contributed by atoms with Gasteiger partial charge in [0.05, 0.1) is 6.07 Å². The monoisotopic (exact) mass is 328 g/mol. The number of nitriles is 1. The van der Waals surface area contributed by atoms with Crippen LogP contribution in [0.2, 0.25) is 0 Å². The van der Waals surface area contributed by atoms with Crippen molar-refractivity contribution in [1.82, 2.24) is 4.98 Å². The molecule has 118 valence electrons. The highest BCUT2D eigenvalue weighted by atomic mass is 32.2. The highest BCUT2D eigenvalue weighted by Crippen LogP contribution is 2.38. The summed E-state index contributed by atoms with van der Waals surface area (Å²) in [5, 5.41) is 9.60. The molecule has 0 amide bonds. The molecule has 0 bridgehead atoms. The molecule has 5 nitrogen and oxygen atoms in total. The Morgan fingerprint density at radius 3 is 2.35 bits per heavy atom. The number of rotatable bonds is 6. The fraction of sp³-hybridized carbons (Fsp3) is 0.235. The summed E-state index contributed by atoms with van der Waals surface area (Å²) in [6.07, 6.45) is 1.25. The molecule has 0 N–H and O–H groups in total. The minimum absolute atomic E-state index is 0.00544. The molecule has 0 saturated heterocycles.